The minimum absolute atomic E-state index is 0.990. The van der Waals surface area contributed by atoms with Crippen LogP contribution in [0.1, 0.15) is 20.3 Å². The molecule has 0 spiro atoms. The van der Waals surface area contributed by atoms with E-state index in [0.29, 0.717) is 0 Å². The second-order valence-electron chi connectivity index (χ2n) is 1.91. The summed E-state index contributed by atoms with van der Waals surface area (Å²) in [5, 5.41) is 3.28. The minimum atomic E-state index is 0.990. The lowest BCUT2D eigenvalue weighted by atomic mass is 10.3. The van der Waals surface area contributed by atoms with Crippen molar-refractivity contribution in [3.8, 4) is 0 Å². The molecule has 10 heavy (non-hydrogen) atoms. The molecule has 0 rings (SSSR count). The lowest BCUT2D eigenvalue weighted by Gasteiger charge is -2.06. The van der Waals surface area contributed by atoms with Crippen molar-refractivity contribution in [3.63, 3.8) is 0 Å². The van der Waals surface area contributed by atoms with Crippen LogP contribution in [0.25, 0.3) is 0 Å². The van der Waals surface area contributed by atoms with Gasteiger partial charge in [0.25, 0.3) is 0 Å². The second kappa shape index (κ2) is 5.77. The highest BCUT2D eigenvalue weighted by Crippen LogP contribution is 2.13. The van der Waals surface area contributed by atoms with Crippen molar-refractivity contribution in [3.05, 3.63) is 21.9 Å². The molecule has 0 aromatic rings. The number of hydrogen-bond acceptors (Lipinski definition) is 1. The fourth-order valence-electron chi connectivity index (χ4n) is 0.715. The van der Waals surface area contributed by atoms with Crippen LogP contribution in [0.2, 0.25) is 0 Å². The van der Waals surface area contributed by atoms with Crippen molar-refractivity contribution >= 4 is 22.6 Å². The van der Waals surface area contributed by atoms with Crippen molar-refractivity contribution < 1.29 is 0 Å². The zero-order chi connectivity index (χ0) is 7.98. The van der Waals surface area contributed by atoms with Crippen LogP contribution < -0.4 is 5.32 Å². The topological polar surface area (TPSA) is 12.0 Å². The van der Waals surface area contributed by atoms with Crippen LogP contribution in [0.3, 0.4) is 0 Å². The Morgan fingerprint density at radius 2 is 2.20 bits per heavy atom. The predicted molar refractivity (Wildman–Crippen MR) is 55.2 cm³/mol. The molecule has 0 radical (unpaired) electrons. The first kappa shape index (κ1) is 10.0. The molecule has 0 saturated heterocycles. The maximum atomic E-state index is 3.71. The molecule has 0 amide bonds. The average molecular weight is 251 g/mol. The third kappa shape index (κ3) is 3.25. The summed E-state index contributed by atoms with van der Waals surface area (Å²) in [7, 11) is 0. The highest BCUT2D eigenvalue weighted by Gasteiger charge is 1.94. The molecule has 0 fully saturated rings. The Bertz CT molecular complexity index is 138. The molecule has 0 aromatic heterocycles. The Kier molecular flexibility index (Phi) is 5.78. The van der Waals surface area contributed by atoms with Gasteiger partial charge in [-0.25, -0.2) is 0 Å². The van der Waals surface area contributed by atoms with E-state index in [9.17, 15) is 0 Å². The van der Waals surface area contributed by atoms with E-state index in [-0.39, 0.29) is 0 Å². The van der Waals surface area contributed by atoms with Gasteiger partial charge in [-0.3, -0.25) is 0 Å². The van der Waals surface area contributed by atoms with Crippen LogP contribution in [0.4, 0.5) is 0 Å². The largest absolute Gasteiger partial charge is 0.388 e. The lowest BCUT2D eigenvalue weighted by molar-refractivity contribution is 0.806. The van der Waals surface area contributed by atoms with Gasteiger partial charge in [-0.2, -0.15) is 0 Å². The maximum Gasteiger partial charge on any atom is 0.0313 e. The highest BCUT2D eigenvalue weighted by molar-refractivity contribution is 14.1. The van der Waals surface area contributed by atoms with Gasteiger partial charge in [-0.1, -0.05) is 19.6 Å². The maximum absolute atomic E-state index is 3.71. The fourth-order valence-corrected chi connectivity index (χ4v) is 1.29. The van der Waals surface area contributed by atoms with Gasteiger partial charge < -0.3 is 5.32 Å². The van der Waals surface area contributed by atoms with E-state index < -0.39 is 0 Å². The second-order valence-corrected chi connectivity index (χ2v) is 3.08. The quantitative estimate of drug-likeness (QED) is 0.598. The number of nitrogens with one attached hydrogen (secondary N) is 1. The number of allylic oxidation sites excluding steroid dienone is 3. The van der Waals surface area contributed by atoms with Gasteiger partial charge in [0.2, 0.25) is 0 Å². The standard InChI is InChI=1S/C8H14IN/c1-4-7(9)8(5-2)10-6-3/h4,10H,1,5-6H2,2-3H3/b8-7-. The Hall–Kier alpha value is 0.01000. The number of hydrogen-bond donors (Lipinski definition) is 1. The summed E-state index contributed by atoms with van der Waals surface area (Å²) >= 11 is 2.29. The van der Waals surface area contributed by atoms with Crippen molar-refractivity contribution in [2.45, 2.75) is 20.3 Å². The van der Waals surface area contributed by atoms with Gasteiger partial charge in [0.15, 0.2) is 0 Å². The smallest absolute Gasteiger partial charge is 0.0313 e. The van der Waals surface area contributed by atoms with Crippen LogP contribution in [-0.2, 0) is 0 Å². The Morgan fingerprint density at radius 3 is 2.50 bits per heavy atom. The van der Waals surface area contributed by atoms with E-state index in [0.717, 1.165) is 13.0 Å². The molecule has 2 heteroatoms. The normalized spacial score (nSPS) is 12.3. The summed E-state index contributed by atoms with van der Waals surface area (Å²) in [6.07, 6.45) is 2.93. The van der Waals surface area contributed by atoms with E-state index in [1.54, 1.807) is 0 Å². The van der Waals surface area contributed by atoms with E-state index in [1.807, 2.05) is 6.08 Å². The average Bonchev–Trinajstić information content (AvgIpc) is 1.99. The van der Waals surface area contributed by atoms with Crippen LogP contribution in [0, 0.1) is 0 Å². The molecular formula is C8H14IN. The van der Waals surface area contributed by atoms with Gasteiger partial charge in [0.05, 0.1) is 0 Å². The van der Waals surface area contributed by atoms with Crippen molar-refractivity contribution in [1.29, 1.82) is 0 Å². The first-order valence-electron chi connectivity index (χ1n) is 3.51. The summed E-state index contributed by atoms with van der Waals surface area (Å²) in [6.45, 7) is 8.93. The number of halogens is 1. The molecule has 0 unspecified atom stereocenters. The van der Waals surface area contributed by atoms with E-state index in [4.69, 9.17) is 0 Å². The summed E-state index contributed by atoms with van der Waals surface area (Å²) in [5.41, 5.74) is 1.29. The van der Waals surface area contributed by atoms with Crippen LogP contribution in [-0.4, -0.2) is 6.54 Å². The predicted octanol–water partition coefficient (Wildman–Crippen LogP) is 2.84. The summed E-state index contributed by atoms with van der Waals surface area (Å²) in [4.78, 5) is 0. The third-order valence-corrected chi connectivity index (χ3v) is 2.30. The molecule has 1 nitrogen and oxygen atoms in total. The number of rotatable bonds is 4. The van der Waals surface area contributed by atoms with Crippen molar-refractivity contribution in [1.82, 2.24) is 5.32 Å². The zero-order valence-corrected chi connectivity index (χ0v) is 8.73. The molecule has 0 aliphatic rings. The molecule has 0 saturated carbocycles. The SMILES string of the molecule is C=C/C(I)=C(\CC)NCC. The molecule has 0 bridgehead atoms. The molecular weight excluding hydrogens is 237 g/mol. The lowest BCUT2D eigenvalue weighted by Crippen LogP contribution is -2.12. The molecule has 0 aliphatic heterocycles. The van der Waals surface area contributed by atoms with Crippen LogP contribution in [0.5, 0.6) is 0 Å². The first-order chi connectivity index (χ1) is 4.76. The van der Waals surface area contributed by atoms with Gasteiger partial charge in [0.1, 0.15) is 0 Å². The Morgan fingerprint density at radius 1 is 1.60 bits per heavy atom. The van der Waals surface area contributed by atoms with Crippen molar-refractivity contribution in [2.75, 3.05) is 6.54 Å². The van der Waals surface area contributed by atoms with E-state index >= 15 is 0 Å². The Balaban J connectivity index is 4.13. The van der Waals surface area contributed by atoms with E-state index in [2.05, 4.69) is 48.3 Å². The van der Waals surface area contributed by atoms with Gasteiger partial charge >= 0.3 is 0 Å². The highest BCUT2D eigenvalue weighted by atomic mass is 127. The van der Waals surface area contributed by atoms with Gasteiger partial charge in [-0.15, -0.1) is 0 Å². The first-order valence-corrected chi connectivity index (χ1v) is 4.59. The summed E-state index contributed by atoms with van der Waals surface area (Å²) in [6, 6.07) is 0. The Labute approximate surface area is 76.7 Å². The summed E-state index contributed by atoms with van der Waals surface area (Å²) < 4.78 is 1.22. The summed E-state index contributed by atoms with van der Waals surface area (Å²) in [5.74, 6) is 0. The molecule has 1 N–H and O–H groups in total. The van der Waals surface area contributed by atoms with E-state index in [1.165, 1.54) is 9.28 Å². The molecule has 0 atom stereocenters. The fraction of sp³-hybridized carbons (Fsp3) is 0.500. The minimum Gasteiger partial charge on any atom is -0.388 e. The van der Waals surface area contributed by atoms with Crippen LogP contribution >= 0.6 is 22.6 Å². The molecule has 0 aliphatic carbocycles. The van der Waals surface area contributed by atoms with Gasteiger partial charge in [0, 0.05) is 15.8 Å². The van der Waals surface area contributed by atoms with Crippen molar-refractivity contribution in [2.24, 2.45) is 0 Å². The van der Waals surface area contributed by atoms with Gasteiger partial charge in [-0.05, 0) is 35.9 Å². The third-order valence-electron chi connectivity index (χ3n) is 1.21. The molecule has 0 heterocycles. The monoisotopic (exact) mass is 251 g/mol. The molecule has 0 aromatic carbocycles. The zero-order valence-electron chi connectivity index (χ0n) is 6.58. The van der Waals surface area contributed by atoms with Crippen LogP contribution in [0.15, 0.2) is 21.9 Å². The molecule has 58 valence electrons.